The maximum Gasteiger partial charge on any atom is 2.00 e. The molecule has 60 valence electrons. The van der Waals surface area contributed by atoms with Crippen molar-refractivity contribution in [3.63, 3.8) is 0 Å². The van der Waals surface area contributed by atoms with Gasteiger partial charge in [-0.05, 0) is 0 Å². The molecule has 1 heteroatoms. The van der Waals surface area contributed by atoms with Gasteiger partial charge in [0.05, 0.1) is 0 Å². The minimum Gasteiger partial charge on any atom is -0.245 e. The van der Waals surface area contributed by atoms with E-state index in [1.54, 1.807) is 0 Å². The van der Waals surface area contributed by atoms with Gasteiger partial charge in [-0.25, -0.2) is 37.1 Å². The summed E-state index contributed by atoms with van der Waals surface area (Å²) >= 11 is 0. The molecule has 0 aliphatic heterocycles. The third kappa shape index (κ3) is 41.0. The van der Waals surface area contributed by atoms with E-state index in [2.05, 4.69) is 13.8 Å². The Bertz CT molecular complexity index is 96.8. The molecule has 0 bridgehead atoms. The molecule has 0 aromatic rings. The van der Waals surface area contributed by atoms with E-state index >= 15 is 0 Å². The summed E-state index contributed by atoms with van der Waals surface area (Å²) in [6.07, 6.45) is 3.67. The van der Waals surface area contributed by atoms with Crippen LogP contribution in [0.3, 0.4) is 0 Å². The van der Waals surface area contributed by atoms with E-state index in [1.807, 2.05) is 39.8 Å². The molecule has 11 heavy (non-hydrogen) atoms. The Hall–Kier alpha value is -0.157. The van der Waals surface area contributed by atoms with Crippen molar-refractivity contribution in [1.82, 2.24) is 0 Å². The Morgan fingerprint density at radius 1 is 0.818 bits per heavy atom. The van der Waals surface area contributed by atoms with Gasteiger partial charge in [0.2, 0.25) is 0 Å². The fraction of sp³-hybridized carbons (Fsp3) is 0.400. The van der Waals surface area contributed by atoms with Crippen LogP contribution in [0.2, 0.25) is 0 Å². The summed E-state index contributed by atoms with van der Waals surface area (Å²) in [5.74, 6) is 0. The predicted molar refractivity (Wildman–Crippen MR) is 49.6 cm³/mol. The monoisotopic (exact) mass is 202 g/mol. The van der Waals surface area contributed by atoms with Crippen molar-refractivity contribution in [3.05, 3.63) is 37.1 Å². The minimum absolute atomic E-state index is 0. The van der Waals surface area contributed by atoms with E-state index in [0.717, 1.165) is 0 Å². The fourth-order valence-electron chi connectivity index (χ4n) is 0. The summed E-state index contributed by atoms with van der Waals surface area (Å²) in [5.41, 5.74) is 2.54. The molecule has 0 aromatic heterocycles. The number of allylic oxidation sites excluding steroid dienone is 4. The van der Waals surface area contributed by atoms with Gasteiger partial charge in [0.25, 0.3) is 0 Å². The van der Waals surface area contributed by atoms with Crippen LogP contribution >= 0.6 is 0 Å². The van der Waals surface area contributed by atoms with Gasteiger partial charge >= 0.3 is 19.5 Å². The summed E-state index contributed by atoms with van der Waals surface area (Å²) in [6.45, 7) is 15.1. The fourth-order valence-corrected chi connectivity index (χ4v) is 0. The normalized spacial score (nSPS) is 6.18. The van der Waals surface area contributed by atoms with Gasteiger partial charge in [0.1, 0.15) is 0 Å². The van der Waals surface area contributed by atoms with Gasteiger partial charge in [-0.1, -0.05) is 0 Å². The van der Waals surface area contributed by atoms with Crippen LogP contribution in [0.25, 0.3) is 0 Å². The smallest absolute Gasteiger partial charge is 0.245 e. The van der Waals surface area contributed by atoms with Crippen molar-refractivity contribution < 1.29 is 19.5 Å². The third-order valence-corrected chi connectivity index (χ3v) is 0.816. The average molecular weight is 204 g/mol. The summed E-state index contributed by atoms with van der Waals surface area (Å²) in [4.78, 5) is 0. The molecule has 0 unspecified atom stereocenters. The van der Waals surface area contributed by atoms with Gasteiger partial charge in [-0.2, -0.15) is 0 Å². The van der Waals surface area contributed by atoms with Crippen LogP contribution in [0.5, 0.6) is 0 Å². The molecule has 0 fully saturated rings. The van der Waals surface area contributed by atoms with Crippen molar-refractivity contribution in [2.24, 2.45) is 0 Å². The zero-order valence-corrected chi connectivity index (χ0v) is 11.2. The molecular formula is C10H18Zn. The molecule has 0 atom stereocenters. The summed E-state index contributed by atoms with van der Waals surface area (Å²) in [6, 6.07) is 0. The maximum atomic E-state index is 3.52. The molecule has 0 rings (SSSR count). The first kappa shape index (κ1) is 17.1. The quantitative estimate of drug-likeness (QED) is 0.417. The molecule has 0 saturated heterocycles. The second kappa shape index (κ2) is 12.5. The van der Waals surface area contributed by atoms with E-state index in [1.165, 1.54) is 11.1 Å². The van der Waals surface area contributed by atoms with Crippen LogP contribution in [0, 0.1) is 13.8 Å². The Balaban J connectivity index is -0.000000107. The van der Waals surface area contributed by atoms with Crippen LogP contribution < -0.4 is 0 Å². The molecule has 0 radical (unpaired) electrons. The van der Waals surface area contributed by atoms with Crippen LogP contribution in [-0.2, 0) is 19.5 Å². The molecule has 0 spiro atoms. The molecule has 0 heterocycles. The number of hydrogen-bond donors (Lipinski definition) is 0. The van der Waals surface area contributed by atoms with Crippen molar-refractivity contribution >= 4 is 0 Å². The molecule has 0 N–H and O–H groups in total. The summed E-state index contributed by atoms with van der Waals surface area (Å²) in [7, 11) is 0. The van der Waals surface area contributed by atoms with E-state index in [4.69, 9.17) is 0 Å². The Kier molecular flexibility index (Phi) is 19.4. The zero-order valence-electron chi connectivity index (χ0n) is 8.28. The Morgan fingerprint density at radius 3 is 0.909 bits per heavy atom. The number of hydrogen-bond acceptors (Lipinski definition) is 0. The van der Waals surface area contributed by atoms with Gasteiger partial charge in [0.15, 0.2) is 0 Å². The summed E-state index contributed by atoms with van der Waals surface area (Å²) in [5, 5.41) is 0. The van der Waals surface area contributed by atoms with Crippen LogP contribution in [0.4, 0.5) is 0 Å². The van der Waals surface area contributed by atoms with E-state index in [-0.39, 0.29) is 19.5 Å². The molecule has 0 aliphatic rings. The molecule has 0 aromatic carbocycles. The standard InChI is InChI=1S/2C5H9.Zn/c2*1-4-5(2)3;/h2*4H,1H2,2-3H3;/q2*-1;+2. The van der Waals surface area contributed by atoms with Crippen LogP contribution in [-0.4, -0.2) is 0 Å². The van der Waals surface area contributed by atoms with Crippen LogP contribution in [0.15, 0.2) is 23.3 Å². The summed E-state index contributed by atoms with van der Waals surface area (Å²) < 4.78 is 0. The predicted octanol–water partition coefficient (Wildman–Crippen LogP) is 3.57. The van der Waals surface area contributed by atoms with Gasteiger partial charge < -0.3 is 0 Å². The molecule has 0 aliphatic carbocycles. The first-order valence-corrected chi connectivity index (χ1v) is 3.39. The minimum atomic E-state index is 0. The Morgan fingerprint density at radius 2 is 0.909 bits per heavy atom. The topological polar surface area (TPSA) is 0 Å². The van der Waals surface area contributed by atoms with Crippen molar-refractivity contribution in [2.45, 2.75) is 27.7 Å². The molecule has 0 amide bonds. The van der Waals surface area contributed by atoms with Gasteiger partial charge in [-0.3, -0.25) is 0 Å². The molecule has 0 saturated carbocycles. The van der Waals surface area contributed by atoms with Crippen molar-refractivity contribution in [1.29, 1.82) is 0 Å². The SMILES string of the molecule is [CH2-]C=C(C)C.[CH2-]C=C(C)C.[Zn+2]. The first-order chi connectivity index (χ1) is 4.54. The zero-order chi connectivity index (χ0) is 8.57. The number of rotatable bonds is 0. The van der Waals surface area contributed by atoms with E-state index < -0.39 is 0 Å². The second-order valence-electron chi connectivity index (χ2n) is 2.56. The second-order valence-corrected chi connectivity index (χ2v) is 2.56. The third-order valence-electron chi connectivity index (χ3n) is 0.816. The maximum absolute atomic E-state index is 3.52. The van der Waals surface area contributed by atoms with E-state index in [0.29, 0.717) is 0 Å². The van der Waals surface area contributed by atoms with Gasteiger partial charge in [-0.15, -0.1) is 27.7 Å². The first-order valence-electron chi connectivity index (χ1n) is 3.39. The van der Waals surface area contributed by atoms with E-state index in [9.17, 15) is 0 Å². The molecule has 0 nitrogen and oxygen atoms in total. The average Bonchev–Trinajstić information content (AvgIpc) is 1.89. The molecular weight excluding hydrogens is 185 g/mol. The van der Waals surface area contributed by atoms with Crippen molar-refractivity contribution in [3.8, 4) is 0 Å². The Labute approximate surface area is 84.5 Å². The van der Waals surface area contributed by atoms with Gasteiger partial charge in [0, 0.05) is 0 Å². The van der Waals surface area contributed by atoms with Crippen LogP contribution in [0.1, 0.15) is 27.7 Å². The van der Waals surface area contributed by atoms with Crippen molar-refractivity contribution in [2.75, 3.05) is 0 Å². The largest absolute Gasteiger partial charge is 2.00 e.